The first kappa shape index (κ1) is 18.9. The molecule has 0 saturated carbocycles. The summed E-state index contributed by atoms with van der Waals surface area (Å²) in [5, 5.41) is 0. The van der Waals surface area contributed by atoms with Gasteiger partial charge < -0.3 is 4.90 Å². The van der Waals surface area contributed by atoms with Gasteiger partial charge in [0.05, 0.1) is 10.9 Å². The molecule has 2 rings (SSSR count). The Morgan fingerprint density at radius 1 is 1.12 bits per heavy atom. The summed E-state index contributed by atoms with van der Waals surface area (Å²) in [7, 11) is -0.702. The standard InChI is InChI=1S/C16H19ClN2O3S2/c1-11-7-12(2)9-13(8-11)19(4)15(20)10-18(3)24(21,22)16-6-5-14(17)23-16/h5-9H,10H2,1-4H3. The summed E-state index contributed by atoms with van der Waals surface area (Å²) < 4.78 is 26.5. The number of thiophene rings is 1. The molecule has 1 aromatic heterocycles. The Kier molecular flexibility index (Phi) is 5.70. The summed E-state index contributed by atoms with van der Waals surface area (Å²) in [6.45, 7) is 3.65. The van der Waals surface area contributed by atoms with E-state index in [-0.39, 0.29) is 16.7 Å². The van der Waals surface area contributed by atoms with Gasteiger partial charge in [0.1, 0.15) is 4.21 Å². The molecule has 0 atom stereocenters. The SMILES string of the molecule is Cc1cc(C)cc(N(C)C(=O)CN(C)S(=O)(=O)c2ccc(Cl)s2)c1. The molecule has 0 N–H and O–H groups in total. The smallest absolute Gasteiger partial charge is 0.252 e. The van der Waals surface area contributed by atoms with Gasteiger partial charge in [-0.1, -0.05) is 17.7 Å². The minimum atomic E-state index is -3.73. The third kappa shape index (κ3) is 4.16. The van der Waals surface area contributed by atoms with Gasteiger partial charge in [-0.25, -0.2) is 8.42 Å². The minimum absolute atomic E-state index is 0.122. The van der Waals surface area contributed by atoms with Crippen molar-refractivity contribution in [2.75, 3.05) is 25.5 Å². The Labute approximate surface area is 151 Å². The zero-order chi connectivity index (χ0) is 18.1. The zero-order valence-electron chi connectivity index (χ0n) is 13.9. The highest BCUT2D eigenvalue weighted by Gasteiger charge is 2.26. The van der Waals surface area contributed by atoms with E-state index >= 15 is 0 Å². The van der Waals surface area contributed by atoms with E-state index in [0.29, 0.717) is 4.34 Å². The van der Waals surface area contributed by atoms with Crippen molar-refractivity contribution in [2.45, 2.75) is 18.1 Å². The lowest BCUT2D eigenvalue weighted by Gasteiger charge is -2.22. The van der Waals surface area contributed by atoms with Crippen LogP contribution in [0.25, 0.3) is 0 Å². The van der Waals surface area contributed by atoms with Gasteiger partial charge >= 0.3 is 0 Å². The zero-order valence-corrected chi connectivity index (χ0v) is 16.3. The Hall–Kier alpha value is -1.41. The van der Waals surface area contributed by atoms with E-state index in [2.05, 4.69) is 0 Å². The molecule has 1 amide bonds. The fourth-order valence-electron chi connectivity index (χ4n) is 2.26. The van der Waals surface area contributed by atoms with Crippen LogP contribution in [-0.4, -0.2) is 39.3 Å². The molecule has 0 radical (unpaired) electrons. The van der Waals surface area contributed by atoms with Crippen LogP contribution in [0.15, 0.2) is 34.5 Å². The van der Waals surface area contributed by atoms with Crippen molar-refractivity contribution in [1.82, 2.24) is 4.31 Å². The maximum absolute atomic E-state index is 12.5. The number of rotatable bonds is 5. The quantitative estimate of drug-likeness (QED) is 0.792. The number of sulfonamides is 1. The Bertz CT molecular complexity index is 842. The summed E-state index contributed by atoms with van der Waals surface area (Å²) in [5.74, 6) is -0.311. The van der Waals surface area contributed by atoms with E-state index in [4.69, 9.17) is 11.6 Å². The van der Waals surface area contributed by atoms with Crippen molar-refractivity contribution in [3.05, 3.63) is 45.8 Å². The van der Waals surface area contributed by atoms with Crippen LogP contribution < -0.4 is 4.90 Å². The number of anilines is 1. The number of carbonyl (C=O) groups excluding carboxylic acids is 1. The Balaban J connectivity index is 2.16. The van der Waals surface area contributed by atoms with Crippen LogP contribution in [0.1, 0.15) is 11.1 Å². The number of benzene rings is 1. The largest absolute Gasteiger partial charge is 0.314 e. The molecule has 0 bridgehead atoms. The topological polar surface area (TPSA) is 57.7 Å². The number of carbonyl (C=O) groups is 1. The molecule has 0 spiro atoms. The molecular weight excluding hydrogens is 368 g/mol. The van der Waals surface area contributed by atoms with E-state index in [9.17, 15) is 13.2 Å². The second-order valence-electron chi connectivity index (χ2n) is 5.62. The molecule has 8 heteroatoms. The predicted octanol–water partition coefficient (Wildman–Crippen LogP) is 3.30. The molecular formula is C16H19ClN2O3S2. The van der Waals surface area contributed by atoms with Gasteiger partial charge in [0.25, 0.3) is 10.0 Å². The second kappa shape index (κ2) is 7.23. The van der Waals surface area contributed by atoms with E-state index < -0.39 is 10.0 Å². The first-order chi connectivity index (χ1) is 11.1. The summed E-state index contributed by atoms with van der Waals surface area (Å²) in [5.41, 5.74) is 2.82. The minimum Gasteiger partial charge on any atom is -0.314 e. The highest BCUT2D eigenvalue weighted by molar-refractivity contribution is 7.91. The van der Waals surface area contributed by atoms with Crippen molar-refractivity contribution in [1.29, 1.82) is 0 Å². The van der Waals surface area contributed by atoms with Gasteiger partial charge in [0.2, 0.25) is 5.91 Å². The fraction of sp³-hybridized carbons (Fsp3) is 0.312. The van der Waals surface area contributed by atoms with Gasteiger partial charge in [-0.2, -0.15) is 4.31 Å². The molecule has 130 valence electrons. The number of likely N-dealkylation sites (N-methyl/N-ethyl adjacent to an activating group) is 2. The number of nitrogens with zero attached hydrogens (tertiary/aromatic N) is 2. The number of hydrogen-bond acceptors (Lipinski definition) is 4. The summed E-state index contributed by atoms with van der Waals surface area (Å²) in [4.78, 5) is 13.9. The van der Waals surface area contributed by atoms with Crippen LogP contribution in [0.3, 0.4) is 0 Å². The summed E-state index contributed by atoms with van der Waals surface area (Å²) in [6, 6.07) is 8.75. The third-order valence-electron chi connectivity index (χ3n) is 3.54. The third-order valence-corrected chi connectivity index (χ3v) is 7.04. The van der Waals surface area contributed by atoms with Crippen LogP contribution >= 0.6 is 22.9 Å². The molecule has 5 nitrogen and oxygen atoms in total. The van der Waals surface area contributed by atoms with Crippen molar-refractivity contribution in [3.63, 3.8) is 0 Å². The molecule has 24 heavy (non-hydrogen) atoms. The van der Waals surface area contributed by atoms with Gasteiger partial charge in [-0.15, -0.1) is 11.3 Å². The highest BCUT2D eigenvalue weighted by Crippen LogP contribution is 2.27. The first-order valence-electron chi connectivity index (χ1n) is 7.18. The molecule has 0 aliphatic heterocycles. The van der Waals surface area contributed by atoms with E-state index in [1.54, 1.807) is 7.05 Å². The monoisotopic (exact) mass is 386 g/mol. The molecule has 2 aromatic rings. The Morgan fingerprint density at radius 2 is 1.71 bits per heavy atom. The number of amides is 1. The summed E-state index contributed by atoms with van der Waals surface area (Å²) >= 11 is 6.77. The molecule has 0 aliphatic rings. The lowest BCUT2D eigenvalue weighted by atomic mass is 10.1. The molecule has 1 aromatic carbocycles. The van der Waals surface area contributed by atoms with E-state index in [1.807, 2.05) is 32.0 Å². The van der Waals surface area contributed by atoms with Crippen molar-refractivity contribution in [3.8, 4) is 0 Å². The van der Waals surface area contributed by atoms with Gasteiger partial charge in [-0.05, 0) is 49.2 Å². The van der Waals surface area contributed by atoms with Crippen LogP contribution in [-0.2, 0) is 14.8 Å². The predicted molar refractivity (Wildman–Crippen MR) is 98.5 cm³/mol. The highest BCUT2D eigenvalue weighted by atomic mass is 35.5. The molecule has 0 aliphatic carbocycles. The van der Waals surface area contributed by atoms with Crippen molar-refractivity contribution < 1.29 is 13.2 Å². The van der Waals surface area contributed by atoms with Crippen LogP contribution in [0.4, 0.5) is 5.69 Å². The van der Waals surface area contributed by atoms with Gasteiger partial charge in [-0.3, -0.25) is 4.79 Å². The number of halogens is 1. The maximum atomic E-state index is 12.5. The van der Waals surface area contributed by atoms with Crippen molar-refractivity contribution in [2.24, 2.45) is 0 Å². The molecule has 0 unspecified atom stereocenters. The first-order valence-corrected chi connectivity index (χ1v) is 9.81. The van der Waals surface area contributed by atoms with E-state index in [1.165, 1.54) is 24.1 Å². The van der Waals surface area contributed by atoms with Crippen LogP contribution in [0.2, 0.25) is 4.34 Å². The lowest BCUT2D eigenvalue weighted by molar-refractivity contribution is -0.118. The van der Waals surface area contributed by atoms with Crippen LogP contribution in [0.5, 0.6) is 0 Å². The summed E-state index contributed by atoms with van der Waals surface area (Å²) in [6.07, 6.45) is 0. The average molecular weight is 387 g/mol. The van der Waals surface area contributed by atoms with Crippen LogP contribution in [0, 0.1) is 13.8 Å². The van der Waals surface area contributed by atoms with E-state index in [0.717, 1.165) is 32.5 Å². The van der Waals surface area contributed by atoms with Gasteiger partial charge in [0.15, 0.2) is 0 Å². The Morgan fingerprint density at radius 3 is 2.21 bits per heavy atom. The molecule has 0 fully saturated rings. The van der Waals surface area contributed by atoms with Crippen molar-refractivity contribution >= 4 is 44.6 Å². The van der Waals surface area contributed by atoms with Gasteiger partial charge in [0, 0.05) is 19.8 Å². The lowest BCUT2D eigenvalue weighted by Crippen LogP contribution is -2.39. The number of hydrogen-bond donors (Lipinski definition) is 0. The second-order valence-corrected chi connectivity index (χ2v) is 9.61. The maximum Gasteiger partial charge on any atom is 0.252 e. The number of aryl methyl sites for hydroxylation is 2. The normalized spacial score (nSPS) is 11.8. The molecule has 0 saturated heterocycles. The molecule has 1 heterocycles. The average Bonchev–Trinajstić information content (AvgIpc) is 2.92. The fourth-order valence-corrected chi connectivity index (χ4v) is 5.07.